The number of hydrogen-bond donors (Lipinski definition) is 0. The molecule has 1 aromatic rings. The van der Waals surface area contributed by atoms with Crippen molar-refractivity contribution in [3.05, 3.63) is 47.5 Å². The van der Waals surface area contributed by atoms with Gasteiger partial charge in [-0.3, -0.25) is 0 Å². The first kappa shape index (κ1) is 19.5. The Balaban J connectivity index is 1.48. The van der Waals surface area contributed by atoms with Crippen LogP contribution in [0.3, 0.4) is 0 Å². The topological polar surface area (TPSA) is 39.4 Å². The van der Waals surface area contributed by atoms with E-state index in [-0.39, 0.29) is 17.5 Å². The van der Waals surface area contributed by atoms with Crippen molar-refractivity contribution in [3.63, 3.8) is 0 Å². The van der Waals surface area contributed by atoms with Gasteiger partial charge in [0, 0.05) is 17.6 Å². The second-order valence-electron chi connectivity index (χ2n) is 10.0. The Kier molecular flexibility index (Phi) is 5.05. The van der Waals surface area contributed by atoms with Crippen molar-refractivity contribution < 1.29 is 13.9 Å². The van der Waals surface area contributed by atoms with Crippen LogP contribution in [0.15, 0.2) is 46.3 Å². The summed E-state index contributed by atoms with van der Waals surface area (Å²) < 4.78 is 10.8. The molecule has 3 heteroatoms. The molecule has 3 nitrogen and oxygen atoms in total. The molecule has 4 atom stereocenters. The number of rotatable bonds is 4. The molecule has 4 rings (SSSR count). The maximum atomic E-state index is 12.6. The van der Waals surface area contributed by atoms with Gasteiger partial charge >= 0.3 is 5.97 Å². The number of fused-ring (bicyclic) bond motifs is 1. The van der Waals surface area contributed by atoms with E-state index in [1.54, 1.807) is 18.1 Å². The molecule has 0 radical (unpaired) electrons. The second kappa shape index (κ2) is 7.24. The van der Waals surface area contributed by atoms with Gasteiger partial charge in [-0.2, -0.15) is 0 Å². The molecule has 152 valence electrons. The van der Waals surface area contributed by atoms with Crippen LogP contribution in [-0.4, -0.2) is 5.97 Å². The van der Waals surface area contributed by atoms with E-state index in [0.29, 0.717) is 17.3 Å². The number of esters is 1. The predicted molar refractivity (Wildman–Crippen MR) is 111 cm³/mol. The van der Waals surface area contributed by atoms with Crippen LogP contribution in [0.5, 0.6) is 0 Å². The first-order valence-corrected chi connectivity index (χ1v) is 10.9. The van der Waals surface area contributed by atoms with Crippen LogP contribution in [-0.2, 0) is 9.53 Å². The molecule has 2 aliphatic carbocycles. The summed E-state index contributed by atoms with van der Waals surface area (Å²) in [7, 11) is 0. The van der Waals surface area contributed by atoms with Gasteiger partial charge in [0.2, 0.25) is 0 Å². The first-order chi connectivity index (χ1) is 13.3. The summed E-state index contributed by atoms with van der Waals surface area (Å²) >= 11 is 0. The molecule has 0 aromatic carbocycles. The average Bonchev–Trinajstić information content (AvgIpc) is 3.18. The number of hydrogen-bond acceptors (Lipinski definition) is 3. The zero-order valence-electron chi connectivity index (χ0n) is 17.8. The van der Waals surface area contributed by atoms with E-state index in [2.05, 4.69) is 39.8 Å². The zero-order valence-corrected chi connectivity index (χ0v) is 17.8. The quantitative estimate of drug-likeness (QED) is 0.426. The lowest BCUT2D eigenvalue weighted by Gasteiger charge is -2.53. The highest BCUT2D eigenvalue weighted by atomic mass is 16.5. The van der Waals surface area contributed by atoms with Crippen molar-refractivity contribution in [2.45, 2.75) is 78.7 Å². The van der Waals surface area contributed by atoms with Gasteiger partial charge in [-0.15, -0.1) is 0 Å². The summed E-state index contributed by atoms with van der Waals surface area (Å²) in [4.78, 5) is 12.6. The lowest BCUT2D eigenvalue weighted by molar-refractivity contribution is -0.146. The summed E-state index contributed by atoms with van der Waals surface area (Å²) in [6.45, 7) is 9.70. The molecule has 0 saturated heterocycles. The molecule has 0 N–H and O–H groups in total. The third-order valence-corrected chi connectivity index (χ3v) is 8.00. The van der Waals surface area contributed by atoms with Crippen LogP contribution < -0.4 is 0 Å². The van der Waals surface area contributed by atoms with Crippen LogP contribution in [0, 0.1) is 22.7 Å². The minimum atomic E-state index is -0.201. The molecule has 3 aliphatic rings. The van der Waals surface area contributed by atoms with Crippen LogP contribution in [0.4, 0.5) is 0 Å². The lowest BCUT2D eigenvalue weighted by Crippen LogP contribution is -2.43. The Morgan fingerprint density at radius 2 is 2.00 bits per heavy atom. The van der Waals surface area contributed by atoms with E-state index >= 15 is 0 Å². The maximum absolute atomic E-state index is 12.6. The molecular formula is C25H34O3. The molecule has 0 unspecified atom stereocenters. The van der Waals surface area contributed by atoms with E-state index in [1.165, 1.54) is 19.3 Å². The van der Waals surface area contributed by atoms with Crippen molar-refractivity contribution in [2.75, 3.05) is 0 Å². The highest BCUT2D eigenvalue weighted by Gasteiger charge is 2.48. The Hall–Kier alpha value is -1.77. The van der Waals surface area contributed by atoms with Crippen LogP contribution >= 0.6 is 0 Å². The van der Waals surface area contributed by atoms with E-state index < -0.39 is 0 Å². The number of carbonyl (C=O) groups excluding carboxylic acids is 1. The van der Waals surface area contributed by atoms with Crippen molar-refractivity contribution in [3.8, 4) is 0 Å². The van der Waals surface area contributed by atoms with Crippen molar-refractivity contribution >= 4 is 5.97 Å². The monoisotopic (exact) mass is 382 g/mol. The van der Waals surface area contributed by atoms with Gasteiger partial charge in [-0.05, 0) is 60.8 Å². The minimum Gasteiger partial charge on any atom is -0.472 e. The zero-order chi connectivity index (χ0) is 19.9. The van der Waals surface area contributed by atoms with Gasteiger partial charge in [0.15, 0.2) is 0 Å². The average molecular weight is 383 g/mol. The maximum Gasteiger partial charge on any atom is 0.334 e. The summed E-state index contributed by atoms with van der Waals surface area (Å²) in [5.41, 5.74) is 4.06. The van der Waals surface area contributed by atoms with E-state index in [4.69, 9.17) is 9.15 Å². The Morgan fingerprint density at radius 3 is 2.71 bits per heavy atom. The fourth-order valence-corrected chi connectivity index (χ4v) is 5.82. The van der Waals surface area contributed by atoms with Gasteiger partial charge in [0.05, 0.1) is 12.5 Å². The number of allylic oxidation sites excluding steroid dienone is 2. The Labute approximate surface area is 169 Å². The summed E-state index contributed by atoms with van der Waals surface area (Å²) in [6, 6.07) is 1.88. The predicted octanol–water partition coefficient (Wildman–Crippen LogP) is 6.77. The molecule has 1 fully saturated rings. The molecule has 1 saturated carbocycles. The van der Waals surface area contributed by atoms with Gasteiger partial charge < -0.3 is 9.15 Å². The number of carbonyl (C=O) groups is 1. The largest absolute Gasteiger partial charge is 0.472 e. The van der Waals surface area contributed by atoms with Gasteiger partial charge in [-0.25, -0.2) is 4.79 Å². The highest BCUT2D eigenvalue weighted by Crippen LogP contribution is 2.58. The molecule has 1 aliphatic heterocycles. The molecule has 28 heavy (non-hydrogen) atoms. The molecule has 0 bridgehead atoms. The molecule has 2 heterocycles. The number of ether oxygens (including phenoxy) is 1. The normalized spacial score (nSPS) is 34.9. The van der Waals surface area contributed by atoms with Crippen molar-refractivity contribution in [2.24, 2.45) is 22.7 Å². The van der Waals surface area contributed by atoms with E-state index in [1.807, 2.05) is 6.07 Å². The molecule has 0 amide bonds. The SMILES string of the molecule is C[C@@H]1CC=C2[C@@H](CCCC2(C)C)[C@]1(C)CCC1=CC[C@H](c2ccoc2)OC1=O. The van der Waals surface area contributed by atoms with Crippen LogP contribution in [0.25, 0.3) is 0 Å². The third kappa shape index (κ3) is 3.38. The number of cyclic esters (lactones) is 1. The van der Waals surface area contributed by atoms with E-state index in [9.17, 15) is 4.79 Å². The minimum absolute atomic E-state index is 0.149. The van der Waals surface area contributed by atoms with Gasteiger partial charge in [0.25, 0.3) is 0 Å². The van der Waals surface area contributed by atoms with Crippen LogP contribution in [0.2, 0.25) is 0 Å². The summed E-state index contributed by atoms with van der Waals surface area (Å²) in [5, 5.41) is 0. The van der Waals surface area contributed by atoms with Gasteiger partial charge in [-0.1, -0.05) is 51.8 Å². The standard InChI is InChI=1S/C25H34O3/c1-17-7-9-20-21(6-5-13-24(20,2)3)25(17,4)14-11-18-8-10-22(28-23(18)26)19-12-15-27-16-19/h8-9,12,15-17,21-22H,5-7,10-11,13-14H2,1-4H3/t17-,21-,22-,25-/m1/s1. The number of furan rings is 1. The third-order valence-electron chi connectivity index (χ3n) is 8.00. The molecule has 0 spiro atoms. The molecule has 1 aromatic heterocycles. The summed E-state index contributed by atoms with van der Waals surface area (Å²) in [5.74, 6) is 1.15. The second-order valence-corrected chi connectivity index (χ2v) is 10.0. The van der Waals surface area contributed by atoms with Crippen molar-refractivity contribution in [1.29, 1.82) is 0 Å². The van der Waals surface area contributed by atoms with Crippen molar-refractivity contribution in [1.82, 2.24) is 0 Å². The van der Waals surface area contributed by atoms with Crippen LogP contribution in [0.1, 0.15) is 84.3 Å². The van der Waals surface area contributed by atoms with Gasteiger partial charge in [0.1, 0.15) is 6.10 Å². The lowest BCUT2D eigenvalue weighted by atomic mass is 9.52. The molecular weight excluding hydrogens is 348 g/mol. The smallest absolute Gasteiger partial charge is 0.334 e. The fraction of sp³-hybridized carbons (Fsp3) is 0.640. The first-order valence-electron chi connectivity index (χ1n) is 10.9. The highest BCUT2D eigenvalue weighted by molar-refractivity contribution is 5.89. The fourth-order valence-electron chi connectivity index (χ4n) is 5.82. The Bertz CT molecular complexity index is 783. The Morgan fingerprint density at radius 1 is 1.18 bits per heavy atom. The van der Waals surface area contributed by atoms with E-state index in [0.717, 1.165) is 36.8 Å². The summed E-state index contributed by atoms with van der Waals surface area (Å²) in [6.07, 6.45) is 15.4.